The van der Waals surface area contributed by atoms with Crippen molar-refractivity contribution in [3.63, 3.8) is 0 Å². The van der Waals surface area contributed by atoms with Crippen LogP contribution in [0.4, 0.5) is 0 Å². The van der Waals surface area contributed by atoms with Gasteiger partial charge in [0.2, 0.25) is 0 Å². The van der Waals surface area contributed by atoms with E-state index >= 15 is 0 Å². The first-order valence-electron chi connectivity index (χ1n) is 3.80. The predicted octanol–water partition coefficient (Wildman–Crippen LogP) is 3.60. The standard InChI is InChI=1S/C8H9BrO3S2/c9-5-6-13-7-1-3-8(4-2-7)14-12-11-10/h1-4,10H,5-6H2. The van der Waals surface area contributed by atoms with Crippen LogP contribution in [-0.4, -0.2) is 16.3 Å². The van der Waals surface area contributed by atoms with Gasteiger partial charge in [-0.3, -0.25) is 0 Å². The van der Waals surface area contributed by atoms with Crippen LogP contribution in [0, 0.1) is 0 Å². The Morgan fingerprint density at radius 2 is 1.86 bits per heavy atom. The average molecular weight is 297 g/mol. The van der Waals surface area contributed by atoms with E-state index in [0.29, 0.717) is 0 Å². The van der Waals surface area contributed by atoms with Crippen LogP contribution in [-0.2, 0) is 9.37 Å². The van der Waals surface area contributed by atoms with Crippen LogP contribution in [0.5, 0.6) is 0 Å². The summed E-state index contributed by atoms with van der Waals surface area (Å²) in [7, 11) is 0. The van der Waals surface area contributed by atoms with Crippen molar-refractivity contribution in [1.82, 2.24) is 0 Å². The zero-order valence-corrected chi connectivity index (χ0v) is 10.4. The van der Waals surface area contributed by atoms with Crippen molar-refractivity contribution in [2.75, 3.05) is 11.1 Å². The van der Waals surface area contributed by atoms with Crippen molar-refractivity contribution in [2.45, 2.75) is 9.79 Å². The lowest BCUT2D eigenvalue weighted by Gasteiger charge is -2.00. The molecule has 3 nitrogen and oxygen atoms in total. The van der Waals surface area contributed by atoms with Gasteiger partial charge in [0.25, 0.3) is 0 Å². The number of hydrogen-bond acceptors (Lipinski definition) is 5. The molecule has 1 aromatic carbocycles. The second-order valence-electron chi connectivity index (χ2n) is 2.23. The number of alkyl halides is 1. The van der Waals surface area contributed by atoms with Crippen LogP contribution in [0.1, 0.15) is 0 Å². The van der Waals surface area contributed by atoms with Gasteiger partial charge in [0.05, 0.1) is 12.0 Å². The van der Waals surface area contributed by atoms with E-state index in [0.717, 1.165) is 28.0 Å². The predicted molar refractivity (Wildman–Crippen MR) is 61.6 cm³/mol. The van der Waals surface area contributed by atoms with E-state index in [9.17, 15) is 0 Å². The van der Waals surface area contributed by atoms with Crippen molar-refractivity contribution in [2.24, 2.45) is 0 Å². The van der Waals surface area contributed by atoms with Gasteiger partial charge < -0.3 is 0 Å². The number of hydrogen-bond donors (Lipinski definition) is 1. The Morgan fingerprint density at radius 1 is 1.21 bits per heavy atom. The minimum atomic E-state index is 0.877. The lowest BCUT2D eigenvalue weighted by Crippen LogP contribution is -1.80. The Labute approximate surface area is 99.4 Å². The number of benzene rings is 1. The first-order valence-corrected chi connectivity index (χ1v) is 6.65. The minimum absolute atomic E-state index is 0.877. The van der Waals surface area contributed by atoms with Gasteiger partial charge in [0.15, 0.2) is 0 Å². The summed E-state index contributed by atoms with van der Waals surface area (Å²) >= 11 is 6.10. The molecule has 0 bridgehead atoms. The highest BCUT2D eigenvalue weighted by atomic mass is 79.9. The molecule has 0 amide bonds. The highest BCUT2D eigenvalue weighted by Crippen LogP contribution is 2.24. The van der Waals surface area contributed by atoms with E-state index in [1.165, 1.54) is 4.90 Å². The largest absolute Gasteiger partial charge is 0.220 e. The maximum absolute atomic E-state index is 7.95. The second-order valence-corrected chi connectivity index (χ2v) is 4.97. The molecule has 6 heteroatoms. The van der Waals surface area contributed by atoms with Crippen molar-refractivity contribution >= 4 is 39.7 Å². The molecule has 0 aliphatic carbocycles. The van der Waals surface area contributed by atoms with Crippen molar-refractivity contribution < 1.29 is 14.6 Å². The fourth-order valence-electron chi connectivity index (χ4n) is 0.802. The molecule has 0 aliphatic heterocycles. The van der Waals surface area contributed by atoms with Gasteiger partial charge in [0, 0.05) is 20.9 Å². The molecule has 0 radical (unpaired) electrons. The quantitative estimate of drug-likeness (QED) is 0.285. The molecule has 0 spiro atoms. The highest BCUT2D eigenvalue weighted by Gasteiger charge is 1.97. The molecule has 0 saturated carbocycles. The molecule has 0 aliphatic rings. The van der Waals surface area contributed by atoms with E-state index in [2.05, 4.69) is 25.3 Å². The lowest BCUT2D eigenvalue weighted by atomic mass is 10.4. The summed E-state index contributed by atoms with van der Waals surface area (Å²) in [6.07, 6.45) is 0. The molecule has 0 saturated heterocycles. The smallest absolute Gasteiger partial charge is 0.0714 e. The monoisotopic (exact) mass is 296 g/mol. The second kappa shape index (κ2) is 7.56. The Bertz CT molecular complexity index is 228. The Hall–Kier alpha value is 0.280. The van der Waals surface area contributed by atoms with E-state index in [-0.39, 0.29) is 0 Å². The summed E-state index contributed by atoms with van der Waals surface area (Å²) in [5, 5.41) is 12.4. The summed E-state index contributed by atoms with van der Waals surface area (Å²) in [5.74, 6) is 1.04. The van der Waals surface area contributed by atoms with Crippen LogP contribution in [0.2, 0.25) is 0 Å². The molecule has 0 atom stereocenters. The maximum atomic E-state index is 7.95. The summed E-state index contributed by atoms with van der Waals surface area (Å²) in [6, 6.07) is 7.80. The van der Waals surface area contributed by atoms with Gasteiger partial charge >= 0.3 is 0 Å². The highest BCUT2D eigenvalue weighted by molar-refractivity contribution is 9.09. The maximum Gasteiger partial charge on any atom is 0.0714 e. The van der Waals surface area contributed by atoms with Gasteiger partial charge in [0.1, 0.15) is 0 Å². The molecular weight excluding hydrogens is 288 g/mol. The zero-order valence-electron chi connectivity index (χ0n) is 7.18. The Balaban J connectivity index is 2.42. The normalized spacial score (nSPS) is 10.4. The van der Waals surface area contributed by atoms with Crippen LogP contribution in [0.3, 0.4) is 0 Å². The van der Waals surface area contributed by atoms with Crippen LogP contribution in [0.15, 0.2) is 34.1 Å². The lowest BCUT2D eigenvalue weighted by molar-refractivity contribution is -0.432. The van der Waals surface area contributed by atoms with Gasteiger partial charge in [-0.2, -0.15) is 0 Å². The third-order valence-corrected chi connectivity index (χ3v) is 3.86. The minimum Gasteiger partial charge on any atom is -0.220 e. The third kappa shape index (κ3) is 4.68. The number of rotatable bonds is 6. The summed E-state index contributed by atoms with van der Waals surface area (Å²) in [5.41, 5.74) is 0. The summed E-state index contributed by atoms with van der Waals surface area (Å²) < 4.78 is 4.30. The average Bonchev–Trinajstić information content (AvgIpc) is 2.25. The fourth-order valence-corrected chi connectivity index (χ4v) is 2.29. The Kier molecular flexibility index (Phi) is 6.67. The molecular formula is C8H9BrO3S2. The number of thioether (sulfide) groups is 1. The van der Waals surface area contributed by atoms with Gasteiger partial charge in [-0.1, -0.05) is 21.0 Å². The SMILES string of the molecule is OOOSc1ccc(SCCBr)cc1. The molecule has 0 unspecified atom stereocenters. The first-order chi connectivity index (χ1) is 6.86. The number of halogens is 1. The van der Waals surface area contributed by atoms with Crippen molar-refractivity contribution in [1.29, 1.82) is 0 Å². The third-order valence-electron chi connectivity index (χ3n) is 1.33. The van der Waals surface area contributed by atoms with E-state index in [1.54, 1.807) is 11.8 Å². The molecule has 1 rings (SSSR count). The fraction of sp³-hybridized carbons (Fsp3) is 0.250. The molecule has 0 fully saturated rings. The molecule has 78 valence electrons. The molecule has 0 aromatic heterocycles. The van der Waals surface area contributed by atoms with E-state index in [1.807, 2.05) is 24.3 Å². The molecule has 0 heterocycles. The van der Waals surface area contributed by atoms with Crippen molar-refractivity contribution in [3.05, 3.63) is 24.3 Å². The van der Waals surface area contributed by atoms with Crippen molar-refractivity contribution in [3.8, 4) is 0 Å². The van der Waals surface area contributed by atoms with Crippen LogP contribution in [0.25, 0.3) is 0 Å². The van der Waals surface area contributed by atoms with Gasteiger partial charge in [-0.25, -0.2) is 5.26 Å². The van der Waals surface area contributed by atoms with E-state index in [4.69, 9.17) is 5.26 Å². The molecule has 14 heavy (non-hydrogen) atoms. The van der Waals surface area contributed by atoms with Crippen LogP contribution < -0.4 is 0 Å². The topological polar surface area (TPSA) is 38.7 Å². The summed E-state index contributed by atoms with van der Waals surface area (Å²) in [4.78, 5) is 2.08. The molecule has 1 aromatic rings. The zero-order chi connectivity index (χ0) is 10.2. The summed E-state index contributed by atoms with van der Waals surface area (Å²) in [6.45, 7) is 0. The van der Waals surface area contributed by atoms with Gasteiger partial charge in [-0.15, -0.1) is 16.1 Å². The van der Waals surface area contributed by atoms with E-state index < -0.39 is 0 Å². The Morgan fingerprint density at radius 3 is 2.43 bits per heavy atom. The first kappa shape index (κ1) is 12.4. The van der Waals surface area contributed by atoms with Gasteiger partial charge in [-0.05, 0) is 24.3 Å². The molecule has 1 N–H and O–H groups in total. The van der Waals surface area contributed by atoms with Crippen LogP contribution >= 0.6 is 39.7 Å².